The van der Waals surface area contributed by atoms with Crippen molar-refractivity contribution in [2.75, 3.05) is 40.5 Å². The maximum atomic E-state index is 12.7. The molecule has 1 atom stereocenters. The summed E-state index contributed by atoms with van der Waals surface area (Å²) in [6.45, 7) is 0.970. The van der Waals surface area contributed by atoms with Crippen LogP contribution in [0.4, 0.5) is 13.2 Å². The van der Waals surface area contributed by atoms with Gasteiger partial charge in [-0.2, -0.15) is 13.2 Å². The third kappa shape index (κ3) is 4.43. The zero-order valence-corrected chi connectivity index (χ0v) is 10.7. The third-order valence-electron chi connectivity index (χ3n) is 2.45. The van der Waals surface area contributed by atoms with E-state index in [-0.39, 0.29) is 26.3 Å². The molecular formula is C10H19F3N2O3. The van der Waals surface area contributed by atoms with E-state index in [9.17, 15) is 18.0 Å². The number of carbonyl (C=O) groups is 1. The lowest BCUT2D eigenvalue weighted by molar-refractivity contribution is -0.194. The normalized spacial score (nSPS) is 15.3. The van der Waals surface area contributed by atoms with E-state index in [1.807, 2.05) is 0 Å². The topological polar surface area (TPSA) is 64.8 Å². The van der Waals surface area contributed by atoms with E-state index in [1.165, 1.54) is 14.2 Å². The molecule has 5 nitrogen and oxygen atoms in total. The fourth-order valence-electron chi connectivity index (χ4n) is 1.17. The first-order valence-corrected chi connectivity index (χ1v) is 5.31. The van der Waals surface area contributed by atoms with Crippen molar-refractivity contribution < 1.29 is 27.4 Å². The van der Waals surface area contributed by atoms with Gasteiger partial charge < -0.3 is 20.1 Å². The van der Waals surface area contributed by atoms with Gasteiger partial charge in [0.15, 0.2) is 5.54 Å². The Kier molecular flexibility index (Phi) is 6.58. The number of ether oxygens (including phenoxy) is 2. The van der Waals surface area contributed by atoms with Crippen molar-refractivity contribution in [3.63, 3.8) is 0 Å². The molecule has 0 bridgehead atoms. The van der Waals surface area contributed by atoms with Crippen LogP contribution in [0.1, 0.15) is 6.92 Å². The second-order valence-electron chi connectivity index (χ2n) is 3.98. The summed E-state index contributed by atoms with van der Waals surface area (Å²) in [5, 5.41) is 0. The van der Waals surface area contributed by atoms with Crippen molar-refractivity contribution >= 4 is 5.91 Å². The molecule has 0 aromatic heterocycles. The van der Waals surface area contributed by atoms with Crippen LogP contribution in [-0.2, 0) is 14.3 Å². The first-order chi connectivity index (χ1) is 8.18. The molecule has 0 saturated carbocycles. The van der Waals surface area contributed by atoms with Crippen LogP contribution in [0.25, 0.3) is 0 Å². The number of methoxy groups -OCH3 is 2. The molecule has 18 heavy (non-hydrogen) atoms. The standard InChI is InChI=1S/C10H19F3N2O3/c1-9(14,10(11,12)13)8(16)15(4-6-17-2)5-7-18-3/h4-7,14H2,1-3H3. The average Bonchev–Trinajstić information content (AvgIpc) is 2.27. The Morgan fingerprint density at radius 2 is 1.56 bits per heavy atom. The fourth-order valence-corrected chi connectivity index (χ4v) is 1.17. The molecule has 0 radical (unpaired) electrons. The highest BCUT2D eigenvalue weighted by atomic mass is 19.4. The zero-order valence-electron chi connectivity index (χ0n) is 10.7. The minimum Gasteiger partial charge on any atom is -0.383 e. The first kappa shape index (κ1) is 17.1. The Hall–Kier alpha value is -0.860. The molecule has 0 aliphatic carbocycles. The molecule has 0 spiro atoms. The third-order valence-corrected chi connectivity index (χ3v) is 2.45. The predicted octanol–water partition coefficient (Wildman–Crippen LogP) is 0.388. The van der Waals surface area contributed by atoms with Crippen molar-refractivity contribution in [3.05, 3.63) is 0 Å². The van der Waals surface area contributed by atoms with Gasteiger partial charge in [-0.05, 0) is 6.92 Å². The Labute approximate surface area is 104 Å². The highest BCUT2D eigenvalue weighted by Crippen LogP contribution is 2.29. The second-order valence-corrected chi connectivity index (χ2v) is 3.98. The summed E-state index contributed by atoms with van der Waals surface area (Å²) >= 11 is 0. The molecule has 0 aliphatic rings. The minimum atomic E-state index is -4.80. The van der Waals surface area contributed by atoms with E-state index in [1.54, 1.807) is 0 Å². The van der Waals surface area contributed by atoms with Gasteiger partial charge in [0.25, 0.3) is 5.91 Å². The molecule has 0 aliphatic heterocycles. The maximum Gasteiger partial charge on any atom is 0.415 e. The van der Waals surface area contributed by atoms with E-state index >= 15 is 0 Å². The molecule has 2 N–H and O–H groups in total. The summed E-state index contributed by atoms with van der Waals surface area (Å²) < 4.78 is 47.4. The first-order valence-electron chi connectivity index (χ1n) is 5.31. The Morgan fingerprint density at radius 3 is 1.83 bits per heavy atom. The lowest BCUT2D eigenvalue weighted by atomic mass is 10.0. The number of rotatable bonds is 7. The van der Waals surface area contributed by atoms with Crippen LogP contribution < -0.4 is 5.73 Å². The molecule has 0 aromatic rings. The van der Waals surface area contributed by atoms with Crippen molar-refractivity contribution in [3.8, 4) is 0 Å². The van der Waals surface area contributed by atoms with Crippen LogP contribution in [0.15, 0.2) is 0 Å². The van der Waals surface area contributed by atoms with Crippen molar-refractivity contribution in [2.45, 2.75) is 18.6 Å². The summed E-state index contributed by atoms with van der Waals surface area (Å²) in [5.41, 5.74) is 2.18. The molecule has 0 saturated heterocycles. The van der Waals surface area contributed by atoms with Gasteiger partial charge in [0, 0.05) is 27.3 Å². The van der Waals surface area contributed by atoms with E-state index in [0.29, 0.717) is 6.92 Å². The van der Waals surface area contributed by atoms with Crippen molar-refractivity contribution in [2.24, 2.45) is 5.73 Å². The van der Waals surface area contributed by atoms with Gasteiger partial charge in [0.2, 0.25) is 0 Å². The molecular weight excluding hydrogens is 253 g/mol. The van der Waals surface area contributed by atoms with E-state index < -0.39 is 17.6 Å². The smallest absolute Gasteiger partial charge is 0.383 e. The number of nitrogens with zero attached hydrogens (tertiary/aromatic N) is 1. The number of hydrogen-bond donors (Lipinski definition) is 1. The number of amides is 1. The van der Waals surface area contributed by atoms with Crippen molar-refractivity contribution in [1.82, 2.24) is 4.90 Å². The molecule has 0 aromatic carbocycles. The quantitative estimate of drug-likeness (QED) is 0.728. The van der Waals surface area contributed by atoms with Crippen LogP contribution in [0.3, 0.4) is 0 Å². The maximum absolute atomic E-state index is 12.7. The molecule has 108 valence electrons. The summed E-state index contributed by atoms with van der Waals surface area (Å²) in [7, 11) is 2.79. The van der Waals surface area contributed by atoms with Crippen LogP contribution in [-0.4, -0.2) is 63.0 Å². The SMILES string of the molecule is COCCN(CCOC)C(=O)C(C)(N)C(F)(F)F. The summed E-state index contributed by atoms with van der Waals surface area (Å²) in [6.07, 6.45) is -4.80. The van der Waals surface area contributed by atoms with Crippen LogP contribution in [0.5, 0.6) is 0 Å². The van der Waals surface area contributed by atoms with Crippen LogP contribution in [0, 0.1) is 0 Å². The highest BCUT2D eigenvalue weighted by molar-refractivity contribution is 5.86. The Bertz CT molecular complexity index is 262. The highest BCUT2D eigenvalue weighted by Gasteiger charge is 2.55. The van der Waals surface area contributed by atoms with E-state index in [4.69, 9.17) is 15.2 Å². The largest absolute Gasteiger partial charge is 0.415 e. The summed E-state index contributed by atoms with van der Waals surface area (Å²) in [4.78, 5) is 12.8. The monoisotopic (exact) mass is 272 g/mol. The summed E-state index contributed by atoms with van der Waals surface area (Å²) in [6, 6.07) is 0. The molecule has 8 heteroatoms. The average molecular weight is 272 g/mol. The van der Waals surface area contributed by atoms with Crippen molar-refractivity contribution in [1.29, 1.82) is 0 Å². The number of nitrogens with two attached hydrogens (primary N) is 1. The molecule has 1 amide bonds. The molecule has 1 unspecified atom stereocenters. The van der Waals surface area contributed by atoms with Gasteiger partial charge in [-0.1, -0.05) is 0 Å². The lowest BCUT2D eigenvalue weighted by Crippen LogP contribution is -2.62. The Morgan fingerprint density at radius 1 is 1.17 bits per heavy atom. The fraction of sp³-hybridized carbons (Fsp3) is 0.900. The van der Waals surface area contributed by atoms with Gasteiger partial charge in [-0.15, -0.1) is 0 Å². The van der Waals surface area contributed by atoms with E-state index in [0.717, 1.165) is 4.90 Å². The number of alkyl halides is 3. The zero-order chi connectivity index (χ0) is 14.4. The number of carbonyl (C=O) groups excluding carboxylic acids is 1. The van der Waals surface area contributed by atoms with Gasteiger partial charge in [-0.25, -0.2) is 0 Å². The second kappa shape index (κ2) is 6.91. The van der Waals surface area contributed by atoms with Crippen LogP contribution in [0.2, 0.25) is 0 Å². The lowest BCUT2D eigenvalue weighted by Gasteiger charge is -2.32. The van der Waals surface area contributed by atoms with Gasteiger partial charge in [0.05, 0.1) is 13.2 Å². The van der Waals surface area contributed by atoms with Crippen LogP contribution >= 0.6 is 0 Å². The molecule has 0 fully saturated rings. The molecule has 0 rings (SSSR count). The molecule has 0 heterocycles. The van der Waals surface area contributed by atoms with Gasteiger partial charge >= 0.3 is 6.18 Å². The number of halogens is 3. The van der Waals surface area contributed by atoms with Gasteiger partial charge in [-0.3, -0.25) is 4.79 Å². The summed E-state index contributed by atoms with van der Waals surface area (Å²) in [5.74, 6) is -1.19. The minimum absolute atomic E-state index is 0.0293. The predicted molar refractivity (Wildman–Crippen MR) is 59.0 cm³/mol. The van der Waals surface area contributed by atoms with Gasteiger partial charge in [0.1, 0.15) is 0 Å². The van der Waals surface area contributed by atoms with E-state index in [2.05, 4.69) is 0 Å². The Balaban J connectivity index is 4.82. The number of hydrogen-bond acceptors (Lipinski definition) is 4.